The van der Waals surface area contributed by atoms with Crippen molar-refractivity contribution in [3.05, 3.63) is 120 Å². The first-order chi connectivity index (χ1) is 15.8. The Labute approximate surface area is 187 Å². The highest BCUT2D eigenvalue weighted by Gasteiger charge is 2.03. The number of allylic oxidation sites excluding steroid dienone is 2. The fourth-order valence-corrected chi connectivity index (χ4v) is 3.54. The second-order valence-corrected chi connectivity index (χ2v) is 7.63. The van der Waals surface area contributed by atoms with Gasteiger partial charge in [-0.1, -0.05) is 42.5 Å². The molecule has 0 saturated carbocycles. The molecule has 2 aromatic carbocycles. The van der Waals surface area contributed by atoms with Gasteiger partial charge in [0.25, 0.3) is 0 Å². The van der Waals surface area contributed by atoms with Gasteiger partial charge in [0.05, 0.1) is 18.0 Å². The number of nitrogens with one attached hydrogen (secondary N) is 1. The van der Waals surface area contributed by atoms with Crippen LogP contribution in [-0.4, -0.2) is 22.2 Å². The van der Waals surface area contributed by atoms with Crippen LogP contribution < -0.4 is 4.74 Å². The average molecular weight is 418 g/mol. The lowest BCUT2D eigenvalue weighted by molar-refractivity contribution is 0.301. The van der Waals surface area contributed by atoms with Crippen LogP contribution in [0.15, 0.2) is 108 Å². The van der Waals surface area contributed by atoms with Crippen molar-refractivity contribution < 1.29 is 4.74 Å². The van der Waals surface area contributed by atoms with Gasteiger partial charge in [-0.05, 0) is 76.7 Å². The molecule has 0 bridgehead atoms. The van der Waals surface area contributed by atoms with Crippen LogP contribution in [0.4, 0.5) is 0 Å². The van der Waals surface area contributed by atoms with Gasteiger partial charge >= 0.3 is 0 Å². The zero-order chi connectivity index (χ0) is 21.6. The van der Waals surface area contributed by atoms with Gasteiger partial charge in [0, 0.05) is 17.9 Å². The highest BCUT2D eigenvalue weighted by atomic mass is 16.5. The van der Waals surface area contributed by atoms with Crippen LogP contribution in [0.5, 0.6) is 5.75 Å². The van der Waals surface area contributed by atoms with E-state index in [1.807, 2.05) is 48.7 Å². The molecule has 0 amide bonds. The molecule has 156 valence electrons. The summed E-state index contributed by atoms with van der Waals surface area (Å²) in [6.45, 7) is 1.18. The summed E-state index contributed by atoms with van der Waals surface area (Å²) in [7, 11) is 0. The maximum absolute atomic E-state index is 5.79. The minimum absolute atomic E-state index is 0.465. The molecule has 2 aromatic heterocycles. The number of aromatic nitrogens is 2. The summed E-state index contributed by atoms with van der Waals surface area (Å²) in [6, 6.07) is 22.4. The Balaban J connectivity index is 1.16. The summed E-state index contributed by atoms with van der Waals surface area (Å²) in [5.41, 5.74) is 6.56. The third-order valence-electron chi connectivity index (χ3n) is 5.28. The Hall–Kier alpha value is -4.18. The monoisotopic (exact) mass is 417 g/mol. The van der Waals surface area contributed by atoms with Gasteiger partial charge in [-0.3, -0.25) is 9.98 Å². The molecule has 0 unspecified atom stereocenters. The van der Waals surface area contributed by atoms with Crippen molar-refractivity contribution >= 4 is 28.8 Å². The number of pyridine rings is 1. The van der Waals surface area contributed by atoms with Gasteiger partial charge in [0.15, 0.2) is 0 Å². The molecule has 0 aliphatic carbocycles. The van der Waals surface area contributed by atoms with E-state index in [2.05, 4.69) is 69.6 Å². The number of ether oxygens (including phenoxy) is 1. The van der Waals surface area contributed by atoms with Crippen LogP contribution in [-0.2, 0) is 6.61 Å². The van der Waals surface area contributed by atoms with Crippen molar-refractivity contribution in [1.29, 1.82) is 0 Å². The normalized spacial score (nSPS) is 13.8. The smallest absolute Gasteiger partial charge is 0.130 e. The number of nitrogens with zero attached hydrogens (tertiary/aromatic N) is 2. The number of H-pyrrole nitrogens is 1. The molecule has 32 heavy (non-hydrogen) atoms. The van der Waals surface area contributed by atoms with E-state index in [1.54, 1.807) is 6.20 Å². The highest BCUT2D eigenvalue weighted by molar-refractivity contribution is 6.08. The zero-order valence-corrected chi connectivity index (χ0v) is 17.6. The number of aromatic amines is 1. The Morgan fingerprint density at radius 3 is 2.62 bits per heavy atom. The van der Waals surface area contributed by atoms with Crippen molar-refractivity contribution in [2.45, 2.75) is 6.61 Å². The van der Waals surface area contributed by atoms with E-state index in [-0.39, 0.29) is 0 Å². The molecule has 0 radical (unpaired) electrons. The first kappa shape index (κ1) is 19.8. The van der Waals surface area contributed by atoms with Crippen LogP contribution in [0.3, 0.4) is 0 Å². The van der Waals surface area contributed by atoms with Crippen LogP contribution in [0.1, 0.15) is 16.8 Å². The topological polar surface area (TPSA) is 50.3 Å². The summed E-state index contributed by atoms with van der Waals surface area (Å²) in [6.07, 6.45) is 14.3. The van der Waals surface area contributed by atoms with Gasteiger partial charge in [0.1, 0.15) is 12.4 Å². The van der Waals surface area contributed by atoms with Crippen LogP contribution in [0.2, 0.25) is 0 Å². The number of rotatable bonds is 7. The molecule has 4 heteroatoms. The molecule has 1 aliphatic heterocycles. The largest absolute Gasteiger partial charge is 0.487 e. The van der Waals surface area contributed by atoms with Gasteiger partial charge in [-0.25, -0.2) is 0 Å². The van der Waals surface area contributed by atoms with Crippen molar-refractivity contribution in [1.82, 2.24) is 9.97 Å². The molecule has 0 atom stereocenters. The van der Waals surface area contributed by atoms with Crippen LogP contribution >= 0.6 is 0 Å². The zero-order valence-electron chi connectivity index (χ0n) is 17.6. The Kier molecular flexibility index (Phi) is 5.75. The molecular formula is C28H23N3O. The van der Waals surface area contributed by atoms with E-state index in [1.165, 1.54) is 16.5 Å². The summed E-state index contributed by atoms with van der Waals surface area (Å²) >= 11 is 0. The van der Waals surface area contributed by atoms with Gasteiger partial charge in [-0.15, -0.1) is 0 Å². The standard InChI is InChI=1S/C28H23N3O/c1-2-15-29-26(3-1)20-32-27-11-7-21(8-12-27)6-10-25-18-23(19-31-25)5-4-22-9-13-28-24(17-22)14-16-30-28/h1-18,30H,19-20H2/b5-4+,10-6+. The van der Waals surface area contributed by atoms with Crippen LogP contribution in [0.25, 0.3) is 23.1 Å². The number of fused-ring (bicyclic) bond motifs is 1. The molecule has 1 N–H and O–H groups in total. The number of hydrogen-bond acceptors (Lipinski definition) is 3. The van der Waals surface area contributed by atoms with Crippen molar-refractivity contribution in [2.24, 2.45) is 4.99 Å². The fraction of sp³-hybridized carbons (Fsp3) is 0.0714. The summed E-state index contributed by atoms with van der Waals surface area (Å²) < 4.78 is 5.79. The summed E-state index contributed by atoms with van der Waals surface area (Å²) in [5, 5.41) is 1.22. The molecule has 0 spiro atoms. The predicted molar refractivity (Wildman–Crippen MR) is 132 cm³/mol. The van der Waals surface area contributed by atoms with E-state index in [0.717, 1.165) is 28.2 Å². The van der Waals surface area contributed by atoms with E-state index in [9.17, 15) is 0 Å². The first-order valence-corrected chi connectivity index (χ1v) is 10.6. The minimum atomic E-state index is 0.465. The maximum Gasteiger partial charge on any atom is 0.130 e. The molecule has 4 aromatic rings. The summed E-state index contributed by atoms with van der Waals surface area (Å²) in [4.78, 5) is 12.1. The quantitative estimate of drug-likeness (QED) is 0.386. The van der Waals surface area contributed by atoms with Crippen LogP contribution in [0, 0.1) is 0 Å². The lowest BCUT2D eigenvalue weighted by atomic mass is 10.1. The first-order valence-electron chi connectivity index (χ1n) is 10.6. The van der Waals surface area contributed by atoms with E-state index < -0.39 is 0 Å². The van der Waals surface area contributed by atoms with Gasteiger partial charge in [-0.2, -0.15) is 0 Å². The van der Waals surface area contributed by atoms with Crippen molar-refractivity contribution in [2.75, 3.05) is 6.54 Å². The second-order valence-electron chi connectivity index (χ2n) is 7.63. The molecular weight excluding hydrogens is 394 g/mol. The van der Waals surface area contributed by atoms with E-state index >= 15 is 0 Å². The molecule has 5 rings (SSSR count). The Morgan fingerprint density at radius 1 is 0.875 bits per heavy atom. The number of aliphatic imine (C=N–C) groups is 1. The van der Waals surface area contributed by atoms with Gasteiger partial charge < -0.3 is 9.72 Å². The summed E-state index contributed by atoms with van der Waals surface area (Å²) in [5.74, 6) is 0.830. The van der Waals surface area contributed by atoms with Crippen molar-refractivity contribution in [3.8, 4) is 5.75 Å². The SMILES string of the molecule is C1=C(/C=C/c2ccc3[nH]ccc3c2)CN=C1/C=C/c1ccc(OCc2ccccn2)cc1. The van der Waals surface area contributed by atoms with Gasteiger partial charge in [0.2, 0.25) is 0 Å². The second kappa shape index (κ2) is 9.31. The maximum atomic E-state index is 5.79. The molecule has 0 fully saturated rings. The minimum Gasteiger partial charge on any atom is -0.487 e. The Bertz CT molecular complexity index is 1330. The molecule has 0 saturated heterocycles. The predicted octanol–water partition coefficient (Wildman–Crippen LogP) is 6.25. The third-order valence-corrected chi connectivity index (χ3v) is 5.28. The average Bonchev–Trinajstić information content (AvgIpc) is 3.50. The number of benzene rings is 2. The number of hydrogen-bond donors (Lipinski definition) is 1. The van der Waals surface area contributed by atoms with E-state index in [4.69, 9.17) is 4.74 Å². The lowest BCUT2D eigenvalue weighted by Gasteiger charge is -2.05. The lowest BCUT2D eigenvalue weighted by Crippen LogP contribution is -1.97. The Morgan fingerprint density at radius 2 is 1.75 bits per heavy atom. The van der Waals surface area contributed by atoms with Crippen molar-refractivity contribution in [3.63, 3.8) is 0 Å². The highest BCUT2D eigenvalue weighted by Crippen LogP contribution is 2.18. The third kappa shape index (κ3) is 4.93. The molecule has 3 heterocycles. The fourth-order valence-electron chi connectivity index (χ4n) is 3.54. The van der Waals surface area contributed by atoms with E-state index in [0.29, 0.717) is 13.2 Å². The molecule has 1 aliphatic rings. The molecule has 4 nitrogen and oxygen atoms in total.